The number of aromatic amines is 1. The van der Waals surface area contributed by atoms with Gasteiger partial charge in [-0.15, -0.1) is 0 Å². The van der Waals surface area contributed by atoms with Crippen molar-refractivity contribution in [2.24, 2.45) is 11.8 Å². The highest BCUT2D eigenvalue weighted by Crippen LogP contribution is 2.45. The molecule has 33 heavy (non-hydrogen) atoms. The van der Waals surface area contributed by atoms with Gasteiger partial charge in [0.15, 0.2) is 0 Å². The molecule has 1 N–H and O–H groups in total. The number of H-pyrrole nitrogens is 1. The number of hydrogen-bond donors (Lipinski definition) is 1. The van der Waals surface area contributed by atoms with E-state index < -0.39 is 0 Å². The fourth-order valence-electron chi connectivity index (χ4n) is 7.28. The van der Waals surface area contributed by atoms with Crippen LogP contribution in [0.25, 0.3) is 11.3 Å². The number of likely N-dealkylation sites (tertiary alicyclic amines) is 1. The molecule has 6 heteroatoms. The Balaban J connectivity index is 1.16. The molecule has 5 aliphatic rings. The lowest BCUT2D eigenvalue weighted by Crippen LogP contribution is -2.60. The van der Waals surface area contributed by atoms with Crippen LogP contribution in [0.15, 0.2) is 35.9 Å². The highest BCUT2D eigenvalue weighted by Gasteiger charge is 2.47. The van der Waals surface area contributed by atoms with Crippen LogP contribution >= 0.6 is 0 Å². The lowest BCUT2D eigenvalue weighted by atomic mass is 9.68. The van der Waals surface area contributed by atoms with Crippen LogP contribution in [0, 0.1) is 11.8 Å². The van der Waals surface area contributed by atoms with Crippen LogP contribution in [0.4, 0.5) is 0 Å². The van der Waals surface area contributed by atoms with E-state index in [1.807, 2.05) is 18.2 Å². The van der Waals surface area contributed by atoms with E-state index in [4.69, 9.17) is 4.74 Å². The van der Waals surface area contributed by atoms with E-state index in [0.717, 1.165) is 62.0 Å². The SMILES string of the molecule is O=C(c1cc(-c2ccc3c(c2)CCO3)n[nH]1)N1CCCC2=C[C@H]3C[C@@H](CN4CCCCC34)C21. The van der Waals surface area contributed by atoms with E-state index in [9.17, 15) is 4.79 Å². The summed E-state index contributed by atoms with van der Waals surface area (Å²) in [5.41, 5.74) is 5.23. The summed E-state index contributed by atoms with van der Waals surface area (Å²) >= 11 is 0. The number of nitrogens with zero attached hydrogens (tertiary/aromatic N) is 3. The van der Waals surface area contributed by atoms with Crippen molar-refractivity contribution in [2.75, 3.05) is 26.2 Å². The van der Waals surface area contributed by atoms with Crippen molar-refractivity contribution < 1.29 is 9.53 Å². The fourth-order valence-corrected chi connectivity index (χ4v) is 7.28. The van der Waals surface area contributed by atoms with E-state index in [1.165, 1.54) is 43.4 Å². The lowest BCUT2D eigenvalue weighted by molar-refractivity contribution is 0.00131. The van der Waals surface area contributed by atoms with E-state index in [1.54, 1.807) is 0 Å². The van der Waals surface area contributed by atoms with Crippen molar-refractivity contribution in [1.82, 2.24) is 20.0 Å². The number of carbonyl (C=O) groups excluding carboxylic acids is 1. The molecular weight excluding hydrogens is 412 g/mol. The fraction of sp³-hybridized carbons (Fsp3) is 0.556. The van der Waals surface area contributed by atoms with Crippen LogP contribution in [-0.2, 0) is 6.42 Å². The van der Waals surface area contributed by atoms with E-state index >= 15 is 0 Å². The largest absolute Gasteiger partial charge is 0.493 e. The molecule has 1 aromatic heterocycles. The van der Waals surface area contributed by atoms with Gasteiger partial charge in [0, 0.05) is 31.1 Å². The van der Waals surface area contributed by atoms with Gasteiger partial charge in [0.2, 0.25) is 0 Å². The zero-order chi connectivity index (χ0) is 21.9. The average molecular weight is 445 g/mol. The van der Waals surface area contributed by atoms with Crippen LogP contribution < -0.4 is 4.74 Å². The molecule has 1 aliphatic carbocycles. The molecule has 5 heterocycles. The molecular formula is C27H32N4O2. The normalized spacial score (nSPS) is 30.7. The van der Waals surface area contributed by atoms with Gasteiger partial charge in [-0.3, -0.25) is 14.8 Å². The lowest BCUT2D eigenvalue weighted by Gasteiger charge is -2.54. The molecule has 0 spiro atoms. The molecule has 1 aromatic carbocycles. The maximum Gasteiger partial charge on any atom is 0.272 e. The van der Waals surface area contributed by atoms with Crippen molar-refractivity contribution in [2.45, 2.75) is 57.0 Å². The third kappa shape index (κ3) is 3.25. The first-order valence-corrected chi connectivity index (χ1v) is 12.8. The van der Waals surface area contributed by atoms with Crippen molar-refractivity contribution >= 4 is 5.91 Å². The molecule has 2 bridgehead atoms. The van der Waals surface area contributed by atoms with Crippen LogP contribution in [-0.4, -0.2) is 64.2 Å². The summed E-state index contributed by atoms with van der Waals surface area (Å²) in [7, 11) is 0. The minimum atomic E-state index is 0.105. The molecule has 2 aromatic rings. The number of carbonyl (C=O) groups is 1. The van der Waals surface area contributed by atoms with Crippen molar-refractivity contribution in [3.05, 3.63) is 47.2 Å². The van der Waals surface area contributed by atoms with Gasteiger partial charge in [-0.05, 0) is 80.3 Å². The first kappa shape index (κ1) is 19.8. The van der Waals surface area contributed by atoms with Crippen LogP contribution in [0.5, 0.6) is 5.75 Å². The second-order valence-electron chi connectivity index (χ2n) is 10.6. The summed E-state index contributed by atoms with van der Waals surface area (Å²) in [6, 6.07) is 9.13. The zero-order valence-electron chi connectivity index (χ0n) is 19.1. The standard InChI is InChI=1S/C27H32N4O2/c32-27(23-15-22(28-29-23)17-6-7-25-18(12-17)8-11-33-25)31-10-3-4-19-13-20-14-21(26(19)31)16-30-9-2-1-5-24(20)30/h6-7,12-13,15,20-21,24,26H,1-5,8-11,14,16H2,(H,28,29)/t20-,21-,24?,26?/m0/s1. The van der Waals surface area contributed by atoms with Gasteiger partial charge in [0.05, 0.1) is 18.3 Å². The van der Waals surface area contributed by atoms with Crippen LogP contribution in [0.2, 0.25) is 0 Å². The monoisotopic (exact) mass is 444 g/mol. The summed E-state index contributed by atoms with van der Waals surface area (Å²) in [5.74, 6) is 2.32. The first-order chi connectivity index (χ1) is 16.2. The second-order valence-corrected chi connectivity index (χ2v) is 10.6. The average Bonchev–Trinajstić information content (AvgIpc) is 3.53. The second kappa shape index (κ2) is 7.73. The molecule has 7 rings (SSSR count). The number of benzene rings is 1. The molecule has 0 saturated carbocycles. The van der Waals surface area contributed by atoms with Crippen molar-refractivity contribution in [3.8, 4) is 17.0 Å². The van der Waals surface area contributed by atoms with E-state index in [0.29, 0.717) is 17.5 Å². The topological polar surface area (TPSA) is 61.5 Å². The molecule has 4 aliphatic heterocycles. The first-order valence-electron chi connectivity index (χ1n) is 12.8. The molecule has 2 unspecified atom stereocenters. The van der Waals surface area contributed by atoms with E-state index in [-0.39, 0.29) is 11.9 Å². The van der Waals surface area contributed by atoms with E-state index in [2.05, 4.69) is 32.1 Å². The smallest absolute Gasteiger partial charge is 0.272 e. The molecule has 6 nitrogen and oxygen atoms in total. The predicted octanol–water partition coefficient (Wildman–Crippen LogP) is 4.05. The van der Waals surface area contributed by atoms with Gasteiger partial charge in [0.1, 0.15) is 11.4 Å². The Morgan fingerprint density at radius 1 is 1.12 bits per heavy atom. The Bertz CT molecular complexity index is 1120. The van der Waals surface area contributed by atoms with Crippen LogP contribution in [0.1, 0.15) is 54.6 Å². The predicted molar refractivity (Wildman–Crippen MR) is 126 cm³/mol. The summed E-state index contributed by atoms with van der Waals surface area (Å²) < 4.78 is 5.63. The minimum absolute atomic E-state index is 0.105. The number of rotatable bonds is 2. The number of nitrogens with one attached hydrogen (secondary N) is 1. The number of amides is 1. The number of hydrogen-bond acceptors (Lipinski definition) is 4. The third-order valence-electron chi connectivity index (χ3n) is 8.71. The van der Waals surface area contributed by atoms with Gasteiger partial charge in [-0.1, -0.05) is 18.1 Å². The molecule has 172 valence electrons. The maximum absolute atomic E-state index is 13.7. The Morgan fingerprint density at radius 2 is 2.09 bits per heavy atom. The van der Waals surface area contributed by atoms with Gasteiger partial charge in [-0.2, -0.15) is 5.10 Å². The van der Waals surface area contributed by atoms with Crippen molar-refractivity contribution in [3.63, 3.8) is 0 Å². The number of ether oxygens (including phenoxy) is 1. The molecule has 4 atom stereocenters. The highest BCUT2D eigenvalue weighted by molar-refractivity contribution is 5.94. The number of piperidine rings is 3. The third-order valence-corrected chi connectivity index (χ3v) is 8.71. The highest BCUT2D eigenvalue weighted by atomic mass is 16.5. The molecule has 3 fully saturated rings. The molecule has 1 amide bonds. The Labute approximate surface area is 195 Å². The van der Waals surface area contributed by atoms with Crippen LogP contribution in [0.3, 0.4) is 0 Å². The summed E-state index contributed by atoms with van der Waals surface area (Å²) in [4.78, 5) is 18.6. The van der Waals surface area contributed by atoms with Gasteiger partial charge < -0.3 is 9.64 Å². The van der Waals surface area contributed by atoms with Gasteiger partial charge in [0.25, 0.3) is 5.91 Å². The summed E-state index contributed by atoms with van der Waals surface area (Å²) in [6.07, 6.45) is 11.0. The molecule has 3 saturated heterocycles. The summed E-state index contributed by atoms with van der Waals surface area (Å²) in [6.45, 7) is 3.97. The van der Waals surface area contributed by atoms with Crippen molar-refractivity contribution in [1.29, 1.82) is 0 Å². The minimum Gasteiger partial charge on any atom is -0.493 e. The Morgan fingerprint density at radius 3 is 3.06 bits per heavy atom. The Hall–Kier alpha value is -2.60. The van der Waals surface area contributed by atoms with Gasteiger partial charge in [-0.25, -0.2) is 0 Å². The summed E-state index contributed by atoms with van der Waals surface area (Å²) in [5, 5.41) is 7.58. The number of aromatic nitrogens is 2. The van der Waals surface area contributed by atoms with Gasteiger partial charge >= 0.3 is 0 Å². The maximum atomic E-state index is 13.7. The zero-order valence-corrected chi connectivity index (χ0v) is 19.1. The molecule has 0 radical (unpaired) electrons. The quantitative estimate of drug-likeness (QED) is 0.710. The Kier molecular flexibility index (Phi) is 4.64. The number of fused-ring (bicyclic) bond motifs is 7.